The maximum atomic E-state index is 11.0. The molecule has 0 aromatic heterocycles. The number of benzene rings is 1. The van der Waals surface area contributed by atoms with E-state index in [0.29, 0.717) is 6.42 Å². The number of nitrogens with two attached hydrogens (primary N) is 1. The molecule has 6 nitrogen and oxygen atoms in total. The molecule has 0 aliphatic heterocycles. The van der Waals surface area contributed by atoms with E-state index >= 15 is 0 Å². The summed E-state index contributed by atoms with van der Waals surface area (Å²) in [6.45, 7) is 1.79. The summed E-state index contributed by atoms with van der Waals surface area (Å²) in [6, 6.07) is 2.45. The van der Waals surface area contributed by atoms with E-state index in [-0.39, 0.29) is 30.0 Å². The lowest BCUT2D eigenvalue weighted by atomic mass is 9.85. The number of hydrogen-bond acceptors (Lipinski definition) is 5. The third kappa shape index (κ3) is 3.29. The first-order valence-corrected chi connectivity index (χ1v) is 6.08. The van der Waals surface area contributed by atoms with Crippen LogP contribution in [0.3, 0.4) is 0 Å². The van der Waals surface area contributed by atoms with Crippen LogP contribution in [0.4, 0.5) is 0 Å². The third-order valence-electron chi connectivity index (χ3n) is 3.28. The van der Waals surface area contributed by atoms with E-state index in [0.717, 1.165) is 0 Å². The lowest BCUT2D eigenvalue weighted by Crippen LogP contribution is -2.25. The quantitative estimate of drug-likeness (QED) is 0.392. The summed E-state index contributed by atoms with van der Waals surface area (Å²) in [5, 5.41) is 38.1. The first-order chi connectivity index (χ1) is 8.92. The summed E-state index contributed by atoms with van der Waals surface area (Å²) in [7, 11) is 0. The van der Waals surface area contributed by atoms with Crippen LogP contribution in [0.2, 0.25) is 0 Å². The van der Waals surface area contributed by atoms with Gasteiger partial charge in [-0.25, -0.2) is 0 Å². The van der Waals surface area contributed by atoms with Crippen LogP contribution in [0, 0.1) is 5.92 Å². The largest absolute Gasteiger partial charge is 0.508 e. The zero-order chi connectivity index (χ0) is 14.6. The lowest BCUT2D eigenvalue weighted by Gasteiger charge is -2.21. The molecule has 1 aromatic rings. The monoisotopic (exact) mass is 269 g/mol. The van der Waals surface area contributed by atoms with Crippen molar-refractivity contribution in [1.82, 2.24) is 0 Å². The smallest absolute Gasteiger partial charge is 0.307 e. The Morgan fingerprint density at radius 3 is 2.32 bits per heavy atom. The fraction of sp³-hybridized carbons (Fsp3) is 0.462. The summed E-state index contributed by atoms with van der Waals surface area (Å²) in [5.74, 6) is -3.08. The number of phenols is 3. The van der Waals surface area contributed by atoms with E-state index in [1.165, 1.54) is 12.1 Å². The standard InChI is InChI=1S/C13H19NO5/c1-2-7(5-8(6-14)13(18)19)11-9(15)3-4-10(16)12(11)17/h3-4,7-8,15-17H,2,5-6,14H2,1H3,(H,18,19). The van der Waals surface area contributed by atoms with Crippen LogP contribution in [-0.2, 0) is 4.79 Å². The second-order valence-electron chi connectivity index (χ2n) is 4.48. The number of aromatic hydroxyl groups is 3. The second kappa shape index (κ2) is 6.29. The summed E-state index contributed by atoms with van der Waals surface area (Å²) in [4.78, 5) is 11.0. The molecule has 0 bridgehead atoms. The molecule has 0 heterocycles. The van der Waals surface area contributed by atoms with Gasteiger partial charge in [-0.1, -0.05) is 6.92 Å². The van der Waals surface area contributed by atoms with Crippen molar-refractivity contribution in [3.8, 4) is 17.2 Å². The van der Waals surface area contributed by atoms with Gasteiger partial charge in [-0.05, 0) is 30.9 Å². The number of rotatable bonds is 6. The van der Waals surface area contributed by atoms with Crippen LogP contribution in [-0.4, -0.2) is 32.9 Å². The molecule has 6 N–H and O–H groups in total. The zero-order valence-electron chi connectivity index (χ0n) is 10.7. The number of carboxylic acids is 1. The van der Waals surface area contributed by atoms with Gasteiger partial charge in [0.1, 0.15) is 5.75 Å². The summed E-state index contributed by atoms with van der Waals surface area (Å²) < 4.78 is 0. The van der Waals surface area contributed by atoms with Gasteiger partial charge in [0.2, 0.25) is 0 Å². The van der Waals surface area contributed by atoms with Gasteiger partial charge in [-0.2, -0.15) is 0 Å². The summed E-state index contributed by atoms with van der Waals surface area (Å²) >= 11 is 0. The van der Waals surface area contributed by atoms with E-state index in [1.807, 2.05) is 6.92 Å². The average Bonchev–Trinajstić information content (AvgIpc) is 2.37. The molecule has 19 heavy (non-hydrogen) atoms. The molecule has 2 unspecified atom stereocenters. The normalized spacial score (nSPS) is 14.0. The van der Waals surface area contributed by atoms with Gasteiger partial charge in [0, 0.05) is 12.1 Å². The van der Waals surface area contributed by atoms with Crippen molar-refractivity contribution in [3.05, 3.63) is 17.7 Å². The van der Waals surface area contributed by atoms with Crippen LogP contribution in [0.1, 0.15) is 31.2 Å². The Kier molecular flexibility index (Phi) is 5.00. The van der Waals surface area contributed by atoms with Gasteiger partial charge in [0.25, 0.3) is 0 Å². The van der Waals surface area contributed by atoms with Gasteiger partial charge in [0.05, 0.1) is 5.92 Å². The maximum Gasteiger partial charge on any atom is 0.307 e. The highest BCUT2D eigenvalue weighted by Crippen LogP contribution is 2.43. The van der Waals surface area contributed by atoms with Crippen LogP contribution in [0.15, 0.2) is 12.1 Å². The Labute approximate surface area is 111 Å². The Morgan fingerprint density at radius 1 is 1.26 bits per heavy atom. The zero-order valence-corrected chi connectivity index (χ0v) is 10.7. The first-order valence-electron chi connectivity index (χ1n) is 6.08. The molecule has 0 aliphatic carbocycles. The molecule has 0 radical (unpaired) electrons. The van der Waals surface area contributed by atoms with E-state index in [4.69, 9.17) is 10.8 Å². The van der Waals surface area contributed by atoms with Crippen LogP contribution < -0.4 is 5.73 Å². The molecular weight excluding hydrogens is 250 g/mol. The minimum absolute atomic E-state index is 0.0217. The number of hydrogen-bond donors (Lipinski definition) is 5. The van der Waals surface area contributed by atoms with Crippen LogP contribution >= 0.6 is 0 Å². The van der Waals surface area contributed by atoms with Gasteiger partial charge in [0.15, 0.2) is 11.5 Å². The van der Waals surface area contributed by atoms with Crippen molar-refractivity contribution in [1.29, 1.82) is 0 Å². The van der Waals surface area contributed by atoms with E-state index in [1.54, 1.807) is 0 Å². The minimum atomic E-state index is -1.01. The van der Waals surface area contributed by atoms with Gasteiger partial charge in [-0.3, -0.25) is 4.79 Å². The van der Waals surface area contributed by atoms with Crippen molar-refractivity contribution in [2.24, 2.45) is 11.7 Å². The van der Waals surface area contributed by atoms with E-state index in [2.05, 4.69) is 0 Å². The average molecular weight is 269 g/mol. The number of phenolic OH excluding ortho intramolecular Hbond substituents is 3. The molecule has 1 aromatic carbocycles. The fourth-order valence-corrected chi connectivity index (χ4v) is 2.12. The SMILES string of the molecule is CCC(CC(CN)C(=O)O)c1c(O)ccc(O)c1O. The number of carbonyl (C=O) groups is 1. The molecule has 106 valence electrons. The summed E-state index contributed by atoms with van der Waals surface area (Å²) in [6.07, 6.45) is 0.696. The minimum Gasteiger partial charge on any atom is -0.508 e. The third-order valence-corrected chi connectivity index (χ3v) is 3.28. The Bertz CT molecular complexity index is 461. The Hall–Kier alpha value is -1.95. The number of aliphatic carboxylic acids is 1. The highest BCUT2D eigenvalue weighted by atomic mass is 16.4. The molecule has 0 aliphatic rings. The summed E-state index contributed by atoms with van der Waals surface area (Å²) in [5.41, 5.74) is 5.57. The topological polar surface area (TPSA) is 124 Å². The molecule has 0 saturated carbocycles. The molecule has 1 rings (SSSR count). The Balaban J connectivity index is 3.10. The van der Waals surface area contributed by atoms with Crippen LogP contribution in [0.5, 0.6) is 17.2 Å². The number of carboxylic acid groups (broad SMARTS) is 1. The Morgan fingerprint density at radius 2 is 1.84 bits per heavy atom. The predicted molar refractivity (Wildman–Crippen MR) is 69.3 cm³/mol. The molecule has 0 amide bonds. The molecular formula is C13H19NO5. The van der Waals surface area contributed by atoms with Crippen molar-refractivity contribution >= 4 is 5.97 Å². The molecule has 0 fully saturated rings. The van der Waals surface area contributed by atoms with Crippen molar-refractivity contribution < 1.29 is 25.2 Å². The predicted octanol–water partition coefficient (Wildman–Crippen LogP) is 1.35. The highest BCUT2D eigenvalue weighted by molar-refractivity contribution is 5.70. The molecule has 6 heteroatoms. The van der Waals surface area contributed by atoms with E-state index < -0.39 is 23.6 Å². The highest BCUT2D eigenvalue weighted by Gasteiger charge is 2.26. The second-order valence-corrected chi connectivity index (χ2v) is 4.48. The first kappa shape index (κ1) is 15.1. The van der Waals surface area contributed by atoms with Gasteiger partial charge in [-0.15, -0.1) is 0 Å². The van der Waals surface area contributed by atoms with Crippen molar-refractivity contribution in [3.63, 3.8) is 0 Å². The fourth-order valence-electron chi connectivity index (χ4n) is 2.12. The lowest BCUT2D eigenvalue weighted by molar-refractivity contribution is -0.141. The van der Waals surface area contributed by atoms with Crippen molar-refractivity contribution in [2.75, 3.05) is 6.54 Å². The molecule has 0 saturated heterocycles. The van der Waals surface area contributed by atoms with Gasteiger partial charge >= 0.3 is 5.97 Å². The van der Waals surface area contributed by atoms with E-state index in [9.17, 15) is 20.1 Å². The van der Waals surface area contributed by atoms with Gasteiger partial charge < -0.3 is 26.2 Å². The molecule has 0 spiro atoms. The van der Waals surface area contributed by atoms with Crippen molar-refractivity contribution in [2.45, 2.75) is 25.7 Å². The van der Waals surface area contributed by atoms with Crippen LogP contribution in [0.25, 0.3) is 0 Å². The molecule has 2 atom stereocenters. The maximum absolute atomic E-state index is 11.0.